The van der Waals surface area contributed by atoms with Crippen LogP contribution in [0, 0.1) is 0 Å². The van der Waals surface area contributed by atoms with Crippen molar-refractivity contribution >= 4 is 46.9 Å². The number of rotatable bonds is 17. The molecule has 0 atom stereocenters. The number of hydrogen-bond acceptors (Lipinski definition) is 8. The van der Waals surface area contributed by atoms with Crippen LogP contribution >= 0.6 is 0 Å². The molecule has 0 amide bonds. The maximum Gasteiger partial charge on any atom is 2.00 e. The van der Waals surface area contributed by atoms with Gasteiger partial charge in [0.15, 0.2) is 0 Å². The van der Waals surface area contributed by atoms with Gasteiger partial charge in [-0.1, -0.05) is 0 Å². The van der Waals surface area contributed by atoms with Gasteiger partial charge in [0.05, 0.1) is 52.6 Å². The van der Waals surface area contributed by atoms with Gasteiger partial charge in [0.25, 0.3) is 0 Å². The summed E-state index contributed by atoms with van der Waals surface area (Å²) in [7, 11) is 0. The van der Waals surface area contributed by atoms with Crippen molar-refractivity contribution in [3.63, 3.8) is 0 Å². The van der Waals surface area contributed by atoms with Crippen molar-refractivity contribution in [1.29, 1.82) is 0 Å². The smallest absolute Gasteiger partial charge is 1.00 e. The molecule has 0 aromatic rings. The number of carbonyl (C=O) groups is 4. The van der Waals surface area contributed by atoms with E-state index >= 15 is 0 Å². The van der Waals surface area contributed by atoms with Crippen LogP contribution < -0.4 is 0 Å². The molecule has 0 aromatic carbocycles. The van der Waals surface area contributed by atoms with Gasteiger partial charge < -0.3 is 32.8 Å². The topological polar surface area (TPSA) is 174 Å². The van der Waals surface area contributed by atoms with Crippen molar-refractivity contribution in [2.24, 2.45) is 0 Å². The van der Waals surface area contributed by atoms with Crippen LogP contribution in [0.1, 0.15) is 2.85 Å². The normalized spacial score (nSPS) is 10.6. The number of aliphatic carboxylic acids is 4. The largest absolute Gasteiger partial charge is 2.00 e. The Morgan fingerprint density at radius 1 is 0.593 bits per heavy atom. The zero-order chi connectivity index (χ0) is 19.9. The maximum atomic E-state index is 10.6. The Labute approximate surface area is 174 Å². The fraction of sp³-hybridized carbons (Fsp3) is 0.714. The van der Waals surface area contributed by atoms with E-state index < -0.39 is 50.1 Å². The Balaban J connectivity index is -0.00000104. The Hall–Kier alpha value is -1.51. The van der Waals surface area contributed by atoms with Gasteiger partial charge in [-0.25, -0.2) is 0 Å². The average molecular weight is 407 g/mol. The molecule has 0 aliphatic rings. The predicted molar refractivity (Wildman–Crippen MR) is 93.0 cm³/mol. The summed E-state index contributed by atoms with van der Waals surface area (Å²) >= 11 is 0. The molecular weight excluding hydrogens is 380 g/mol. The number of carboxylic acids is 4. The molecule has 0 heterocycles. The van der Waals surface area contributed by atoms with Crippen LogP contribution in [0.2, 0.25) is 0 Å². The Bertz CT molecular complexity index is 413. The van der Waals surface area contributed by atoms with Crippen LogP contribution in [0.5, 0.6) is 0 Å². The van der Waals surface area contributed by atoms with Crippen molar-refractivity contribution in [3.05, 3.63) is 0 Å². The zero-order valence-electron chi connectivity index (χ0n) is 16.9. The first kappa shape index (κ1) is 27.7. The third-order valence-electron chi connectivity index (χ3n) is 2.91. The van der Waals surface area contributed by atoms with Crippen LogP contribution in [0.3, 0.4) is 0 Å². The molecule has 27 heavy (non-hydrogen) atoms. The second-order valence-corrected chi connectivity index (χ2v) is 5.22. The number of carboxylic acid groups (broad SMARTS) is 4. The summed E-state index contributed by atoms with van der Waals surface area (Å²) < 4.78 is 10.4. The summed E-state index contributed by atoms with van der Waals surface area (Å²) in [4.78, 5) is 44.9. The van der Waals surface area contributed by atoms with Crippen LogP contribution in [-0.2, 0) is 28.7 Å². The van der Waals surface area contributed by atoms with Gasteiger partial charge in [0, 0.05) is 13.1 Å². The van der Waals surface area contributed by atoms with E-state index in [1.807, 2.05) is 0 Å². The standard InChI is InChI=1S/C14H24N2O10.Mg.2H/c17-11(18)7-15(8-12(19)20)1-3-25-5-6-26-4-2-16(9-13(21)22)10-14(23)24;;;/h1-10H2,(H,17,18)(H,19,20)(H,21,22)(H,23,24);;;/q;+2;2*-1. The molecule has 0 saturated heterocycles. The van der Waals surface area contributed by atoms with Gasteiger partial charge in [-0.15, -0.1) is 0 Å². The molecule has 0 radical (unpaired) electrons. The summed E-state index contributed by atoms with van der Waals surface area (Å²) in [5.74, 6) is -4.55. The molecule has 0 bridgehead atoms. The van der Waals surface area contributed by atoms with Gasteiger partial charge in [-0.05, 0) is 0 Å². The molecular formula is C14H26MgN2O10. The van der Waals surface area contributed by atoms with E-state index in [0.717, 1.165) is 0 Å². The van der Waals surface area contributed by atoms with E-state index in [0.29, 0.717) is 0 Å². The first-order chi connectivity index (χ1) is 12.2. The van der Waals surface area contributed by atoms with Gasteiger partial charge in [-0.3, -0.25) is 29.0 Å². The van der Waals surface area contributed by atoms with Crippen LogP contribution in [0.15, 0.2) is 0 Å². The fourth-order valence-electron chi connectivity index (χ4n) is 1.90. The van der Waals surface area contributed by atoms with Crippen LogP contribution in [0.4, 0.5) is 0 Å². The molecule has 154 valence electrons. The molecule has 0 aliphatic carbocycles. The van der Waals surface area contributed by atoms with Crippen LogP contribution in [0.25, 0.3) is 0 Å². The third-order valence-corrected chi connectivity index (χ3v) is 2.91. The summed E-state index contributed by atoms with van der Waals surface area (Å²) in [5, 5.41) is 34.7. The summed E-state index contributed by atoms with van der Waals surface area (Å²) in [6.45, 7) is -0.790. The molecule has 0 unspecified atom stereocenters. The van der Waals surface area contributed by atoms with E-state index in [-0.39, 0.29) is 65.4 Å². The first-order valence-electron chi connectivity index (χ1n) is 7.68. The van der Waals surface area contributed by atoms with Crippen molar-refractivity contribution in [2.75, 3.05) is 65.7 Å². The van der Waals surface area contributed by atoms with Gasteiger partial charge in [0.2, 0.25) is 0 Å². The number of ether oxygens (including phenoxy) is 2. The molecule has 12 nitrogen and oxygen atoms in total. The van der Waals surface area contributed by atoms with E-state index in [4.69, 9.17) is 29.9 Å². The minimum atomic E-state index is -1.14. The molecule has 0 spiro atoms. The molecule has 0 aromatic heterocycles. The summed E-state index contributed by atoms with van der Waals surface area (Å²) in [6.07, 6.45) is 0. The monoisotopic (exact) mass is 406 g/mol. The number of hydrogen-bond donors (Lipinski definition) is 4. The minimum Gasteiger partial charge on any atom is -1.00 e. The van der Waals surface area contributed by atoms with E-state index in [1.54, 1.807) is 0 Å². The van der Waals surface area contributed by atoms with E-state index in [9.17, 15) is 19.2 Å². The van der Waals surface area contributed by atoms with Gasteiger partial charge >= 0.3 is 46.9 Å². The SMILES string of the molecule is O=C(O)CN(CCOCCOCCN(CC(=O)O)CC(=O)O)CC(=O)O.[H-].[H-].[Mg+2]. The third kappa shape index (κ3) is 19.1. The molecule has 0 aliphatic heterocycles. The second kappa shape index (κ2) is 16.6. The number of nitrogens with zero attached hydrogens (tertiary/aromatic N) is 2. The van der Waals surface area contributed by atoms with Crippen molar-refractivity contribution in [2.45, 2.75) is 0 Å². The van der Waals surface area contributed by atoms with Crippen LogP contribution in [-0.4, -0.2) is 143 Å². The predicted octanol–water partition coefficient (Wildman–Crippen LogP) is -2.19. The average Bonchev–Trinajstić information content (AvgIpc) is 2.47. The first-order valence-corrected chi connectivity index (χ1v) is 7.68. The zero-order valence-corrected chi connectivity index (χ0v) is 16.3. The Morgan fingerprint density at radius 2 is 0.852 bits per heavy atom. The van der Waals surface area contributed by atoms with E-state index in [1.165, 1.54) is 9.80 Å². The van der Waals surface area contributed by atoms with E-state index in [2.05, 4.69) is 0 Å². The Morgan fingerprint density at radius 3 is 1.07 bits per heavy atom. The summed E-state index contributed by atoms with van der Waals surface area (Å²) in [6, 6.07) is 0. The molecule has 4 N–H and O–H groups in total. The van der Waals surface area contributed by atoms with Gasteiger partial charge in [-0.2, -0.15) is 0 Å². The molecule has 0 rings (SSSR count). The molecule has 13 heteroatoms. The maximum absolute atomic E-state index is 10.6. The fourth-order valence-corrected chi connectivity index (χ4v) is 1.90. The van der Waals surface area contributed by atoms with Gasteiger partial charge in [0.1, 0.15) is 0 Å². The molecule has 0 fully saturated rings. The van der Waals surface area contributed by atoms with Crippen molar-refractivity contribution < 1.29 is 51.9 Å². The quantitative estimate of drug-likeness (QED) is 0.152. The van der Waals surface area contributed by atoms with Crippen molar-refractivity contribution in [3.8, 4) is 0 Å². The summed E-state index contributed by atoms with van der Waals surface area (Å²) in [5.41, 5.74) is 0. The Kier molecular flexibility index (Phi) is 17.1. The van der Waals surface area contributed by atoms with Crippen molar-refractivity contribution in [1.82, 2.24) is 9.80 Å². The molecule has 0 saturated carbocycles. The minimum absolute atomic E-state index is 0. The second-order valence-electron chi connectivity index (χ2n) is 5.22.